The van der Waals surface area contributed by atoms with Gasteiger partial charge in [-0.15, -0.1) is 11.3 Å². The molecule has 94 valence electrons. The van der Waals surface area contributed by atoms with Gasteiger partial charge >= 0.3 is 12.0 Å². The summed E-state index contributed by atoms with van der Waals surface area (Å²) in [5.74, 6) is -0.841. The van der Waals surface area contributed by atoms with Gasteiger partial charge in [0.15, 0.2) is 0 Å². The Labute approximate surface area is 104 Å². The second-order valence-corrected chi connectivity index (χ2v) is 4.70. The summed E-state index contributed by atoms with van der Waals surface area (Å²) in [4.78, 5) is 24.5. The predicted octanol–water partition coefficient (Wildman–Crippen LogP) is 1.75. The van der Waals surface area contributed by atoms with Gasteiger partial charge in [-0.05, 0) is 17.9 Å². The van der Waals surface area contributed by atoms with E-state index < -0.39 is 5.97 Å². The minimum atomic E-state index is -0.841. The number of nitrogens with zero attached hydrogens (tertiary/aromatic N) is 1. The van der Waals surface area contributed by atoms with Crippen molar-refractivity contribution in [2.45, 2.75) is 19.4 Å². The van der Waals surface area contributed by atoms with Gasteiger partial charge in [-0.3, -0.25) is 4.79 Å². The number of urea groups is 1. The lowest BCUT2D eigenvalue weighted by molar-refractivity contribution is -0.137. The van der Waals surface area contributed by atoms with Crippen LogP contribution in [0.5, 0.6) is 0 Å². The molecule has 0 aromatic carbocycles. The van der Waals surface area contributed by atoms with Crippen LogP contribution in [0.3, 0.4) is 0 Å². The van der Waals surface area contributed by atoms with Crippen molar-refractivity contribution in [1.29, 1.82) is 0 Å². The third kappa shape index (κ3) is 5.35. The molecule has 0 aliphatic rings. The molecule has 2 amide bonds. The summed E-state index contributed by atoms with van der Waals surface area (Å²) >= 11 is 1.60. The van der Waals surface area contributed by atoms with Crippen molar-refractivity contribution in [3.05, 3.63) is 22.4 Å². The molecule has 0 aliphatic carbocycles. The first kappa shape index (κ1) is 13.5. The van der Waals surface area contributed by atoms with Gasteiger partial charge in [0.1, 0.15) is 0 Å². The number of amides is 2. The van der Waals surface area contributed by atoms with Crippen LogP contribution in [0.1, 0.15) is 17.7 Å². The average molecular weight is 256 g/mol. The van der Waals surface area contributed by atoms with Crippen LogP contribution in [-0.4, -0.2) is 35.6 Å². The molecule has 0 aliphatic heterocycles. The number of hydrogen-bond acceptors (Lipinski definition) is 3. The van der Waals surface area contributed by atoms with Crippen molar-refractivity contribution < 1.29 is 14.7 Å². The number of carbonyl (C=O) groups is 2. The van der Waals surface area contributed by atoms with E-state index in [1.807, 2.05) is 17.5 Å². The molecule has 17 heavy (non-hydrogen) atoms. The summed E-state index contributed by atoms with van der Waals surface area (Å²) < 4.78 is 0. The van der Waals surface area contributed by atoms with E-state index in [0.29, 0.717) is 19.5 Å². The molecule has 0 atom stereocenters. The van der Waals surface area contributed by atoms with E-state index in [2.05, 4.69) is 5.32 Å². The molecule has 1 heterocycles. The summed E-state index contributed by atoms with van der Waals surface area (Å²) in [5, 5.41) is 13.1. The van der Waals surface area contributed by atoms with E-state index in [1.165, 1.54) is 0 Å². The smallest absolute Gasteiger partial charge is 0.317 e. The minimum Gasteiger partial charge on any atom is -0.481 e. The fourth-order valence-electron chi connectivity index (χ4n) is 1.28. The van der Waals surface area contributed by atoms with Crippen LogP contribution in [0.25, 0.3) is 0 Å². The molecular formula is C11H16N2O3S. The van der Waals surface area contributed by atoms with Crippen LogP contribution in [0.15, 0.2) is 17.5 Å². The second-order valence-electron chi connectivity index (χ2n) is 3.66. The first-order chi connectivity index (χ1) is 8.09. The molecule has 1 rings (SSSR count). The molecule has 0 unspecified atom stereocenters. The Balaban J connectivity index is 2.20. The van der Waals surface area contributed by atoms with E-state index in [9.17, 15) is 9.59 Å². The van der Waals surface area contributed by atoms with Crippen molar-refractivity contribution in [1.82, 2.24) is 10.2 Å². The number of aliphatic carboxylic acids is 1. The Morgan fingerprint density at radius 3 is 2.88 bits per heavy atom. The minimum absolute atomic E-state index is 0.0783. The van der Waals surface area contributed by atoms with Crippen LogP contribution in [0.4, 0.5) is 4.79 Å². The van der Waals surface area contributed by atoms with Gasteiger partial charge in [0.2, 0.25) is 0 Å². The van der Waals surface area contributed by atoms with Crippen molar-refractivity contribution >= 4 is 23.3 Å². The largest absolute Gasteiger partial charge is 0.481 e. The van der Waals surface area contributed by atoms with Crippen molar-refractivity contribution in [3.8, 4) is 0 Å². The Morgan fingerprint density at radius 2 is 2.29 bits per heavy atom. The van der Waals surface area contributed by atoms with E-state index in [4.69, 9.17) is 5.11 Å². The zero-order valence-electron chi connectivity index (χ0n) is 9.68. The Kier molecular flexibility index (Phi) is 5.48. The van der Waals surface area contributed by atoms with Gasteiger partial charge in [0.05, 0.1) is 6.54 Å². The molecule has 0 spiro atoms. The molecule has 0 fully saturated rings. The van der Waals surface area contributed by atoms with Crippen LogP contribution >= 0.6 is 11.3 Å². The normalized spacial score (nSPS) is 9.94. The molecular weight excluding hydrogens is 240 g/mol. The van der Waals surface area contributed by atoms with E-state index >= 15 is 0 Å². The number of nitrogens with one attached hydrogen (secondary N) is 1. The highest BCUT2D eigenvalue weighted by molar-refractivity contribution is 7.09. The van der Waals surface area contributed by atoms with Gasteiger partial charge in [-0.25, -0.2) is 4.79 Å². The maximum absolute atomic E-state index is 11.6. The standard InChI is InChI=1S/C11H16N2O3S/c1-13(8-9-4-3-7-17-9)11(16)12-6-2-5-10(14)15/h3-4,7H,2,5-6,8H2,1H3,(H,12,16)(H,14,15). The molecule has 0 saturated carbocycles. The number of rotatable bonds is 6. The van der Waals surface area contributed by atoms with Crippen molar-refractivity contribution in [2.75, 3.05) is 13.6 Å². The summed E-state index contributed by atoms with van der Waals surface area (Å²) in [5.41, 5.74) is 0. The van der Waals surface area contributed by atoms with Crippen LogP contribution in [-0.2, 0) is 11.3 Å². The van der Waals surface area contributed by atoms with Crippen LogP contribution < -0.4 is 5.32 Å². The Bertz CT molecular complexity index is 365. The fraction of sp³-hybridized carbons (Fsp3) is 0.455. The summed E-state index contributed by atoms with van der Waals surface area (Å²) in [6, 6.07) is 3.74. The molecule has 5 nitrogen and oxygen atoms in total. The quantitative estimate of drug-likeness (QED) is 0.762. The second kappa shape index (κ2) is 6.90. The van der Waals surface area contributed by atoms with Crippen molar-refractivity contribution in [3.63, 3.8) is 0 Å². The zero-order chi connectivity index (χ0) is 12.7. The lowest BCUT2D eigenvalue weighted by Gasteiger charge is -2.16. The summed E-state index contributed by atoms with van der Waals surface area (Å²) in [6.07, 6.45) is 0.531. The number of carboxylic acids is 1. The third-order valence-corrected chi connectivity index (χ3v) is 3.02. The van der Waals surface area contributed by atoms with E-state index in [-0.39, 0.29) is 12.5 Å². The SMILES string of the molecule is CN(Cc1cccs1)C(=O)NCCCC(=O)O. The summed E-state index contributed by atoms with van der Waals surface area (Å²) in [6.45, 7) is 0.961. The first-order valence-corrected chi connectivity index (χ1v) is 6.20. The van der Waals surface area contributed by atoms with Crippen LogP contribution in [0, 0.1) is 0 Å². The topological polar surface area (TPSA) is 69.6 Å². The molecule has 0 bridgehead atoms. The number of thiophene rings is 1. The predicted molar refractivity (Wildman–Crippen MR) is 66.1 cm³/mol. The lowest BCUT2D eigenvalue weighted by atomic mass is 10.3. The number of carbonyl (C=O) groups excluding carboxylic acids is 1. The van der Waals surface area contributed by atoms with Crippen LogP contribution in [0.2, 0.25) is 0 Å². The number of hydrogen-bond donors (Lipinski definition) is 2. The van der Waals surface area contributed by atoms with E-state index in [0.717, 1.165) is 4.88 Å². The zero-order valence-corrected chi connectivity index (χ0v) is 10.5. The maximum atomic E-state index is 11.6. The van der Waals surface area contributed by atoms with Gasteiger partial charge in [0.25, 0.3) is 0 Å². The molecule has 1 aromatic heterocycles. The highest BCUT2D eigenvalue weighted by Crippen LogP contribution is 2.10. The lowest BCUT2D eigenvalue weighted by Crippen LogP contribution is -2.37. The molecule has 6 heteroatoms. The Hall–Kier alpha value is -1.56. The molecule has 0 saturated heterocycles. The first-order valence-electron chi connectivity index (χ1n) is 5.32. The maximum Gasteiger partial charge on any atom is 0.317 e. The highest BCUT2D eigenvalue weighted by atomic mass is 32.1. The third-order valence-electron chi connectivity index (χ3n) is 2.16. The van der Waals surface area contributed by atoms with Crippen molar-refractivity contribution in [2.24, 2.45) is 0 Å². The van der Waals surface area contributed by atoms with Gasteiger partial charge < -0.3 is 15.3 Å². The van der Waals surface area contributed by atoms with Gasteiger partial charge in [-0.1, -0.05) is 6.07 Å². The highest BCUT2D eigenvalue weighted by Gasteiger charge is 2.08. The monoisotopic (exact) mass is 256 g/mol. The van der Waals surface area contributed by atoms with E-state index in [1.54, 1.807) is 23.3 Å². The Morgan fingerprint density at radius 1 is 1.53 bits per heavy atom. The average Bonchev–Trinajstić information content (AvgIpc) is 2.76. The molecule has 1 aromatic rings. The molecule has 2 N–H and O–H groups in total. The number of carboxylic acid groups (broad SMARTS) is 1. The van der Waals surface area contributed by atoms with Gasteiger partial charge in [-0.2, -0.15) is 0 Å². The summed E-state index contributed by atoms with van der Waals surface area (Å²) in [7, 11) is 1.71. The molecule has 0 radical (unpaired) electrons. The fourth-order valence-corrected chi connectivity index (χ4v) is 2.04. The van der Waals surface area contributed by atoms with Gasteiger partial charge in [0, 0.05) is 24.9 Å².